The Kier molecular flexibility index (Phi) is 4.66. The standard InChI is InChI=1S/C13H12BrCl2N3/c1-7(2)13-18-11(14)6-12(19-13)17-8-3-4-9(15)10(16)5-8/h3-7H,1-2H3,(H,17,18,19). The summed E-state index contributed by atoms with van der Waals surface area (Å²) in [5, 5.41) is 4.21. The smallest absolute Gasteiger partial charge is 0.135 e. The van der Waals surface area contributed by atoms with Gasteiger partial charge in [0.1, 0.15) is 16.2 Å². The zero-order valence-electron chi connectivity index (χ0n) is 10.4. The van der Waals surface area contributed by atoms with Gasteiger partial charge in [-0.05, 0) is 34.1 Å². The molecule has 0 radical (unpaired) electrons. The molecule has 19 heavy (non-hydrogen) atoms. The first kappa shape index (κ1) is 14.6. The molecule has 6 heteroatoms. The first-order valence-corrected chi connectivity index (χ1v) is 7.27. The van der Waals surface area contributed by atoms with Gasteiger partial charge in [0, 0.05) is 17.7 Å². The molecule has 0 aliphatic heterocycles. The second-order valence-corrected chi connectivity index (χ2v) is 5.97. The molecule has 0 unspecified atom stereocenters. The van der Waals surface area contributed by atoms with Crippen LogP contribution in [0.5, 0.6) is 0 Å². The molecule has 0 fully saturated rings. The second kappa shape index (κ2) is 6.07. The fourth-order valence-corrected chi connectivity index (χ4v) is 2.18. The first-order chi connectivity index (χ1) is 8.95. The monoisotopic (exact) mass is 359 g/mol. The van der Waals surface area contributed by atoms with Crippen LogP contribution in [0.1, 0.15) is 25.6 Å². The van der Waals surface area contributed by atoms with E-state index < -0.39 is 0 Å². The molecule has 0 bridgehead atoms. The summed E-state index contributed by atoms with van der Waals surface area (Å²) in [6.07, 6.45) is 0. The molecule has 0 amide bonds. The van der Waals surface area contributed by atoms with E-state index in [-0.39, 0.29) is 5.92 Å². The second-order valence-electron chi connectivity index (χ2n) is 4.34. The van der Waals surface area contributed by atoms with Crippen molar-refractivity contribution < 1.29 is 0 Å². The van der Waals surface area contributed by atoms with Crippen LogP contribution in [0, 0.1) is 0 Å². The average molecular weight is 361 g/mol. The van der Waals surface area contributed by atoms with Crippen LogP contribution in [0.15, 0.2) is 28.9 Å². The van der Waals surface area contributed by atoms with Gasteiger partial charge in [-0.1, -0.05) is 37.0 Å². The number of hydrogen-bond donors (Lipinski definition) is 1. The summed E-state index contributed by atoms with van der Waals surface area (Å²) in [5.41, 5.74) is 0.828. The molecule has 2 aromatic rings. The van der Waals surface area contributed by atoms with Crippen molar-refractivity contribution in [2.75, 3.05) is 5.32 Å². The number of anilines is 2. The van der Waals surface area contributed by atoms with E-state index in [1.165, 1.54) is 0 Å². The third kappa shape index (κ3) is 3.81. The summed E-state index contributed by atoms with van der Waals surface area (Å²) >= 11 is 15.2. The lowest BCUT2D eigenvalue weighted by atomic mass is 10.2. The highest BCUT2D eigenvalue weighted by Crippen LogP contribution is 2.27. The Bertz CT molecular complexity index is 602. The fourth-order valence-electron chi connectivity index (χ4n) is 1.48. The number of rotatable bonds is 3. The average Bonchev–Trinajstić information content (AvgIpc) is 2.33. The number of halogens is 3. The zero-order valence-corrected chi connectivity index (χ0v) is 13.5. The molecule has 1 heterocycles. The van der Waals surface area contributed by atoms with E-state index >= 15 is 0 Å². The van der Waals surface area contributed by atoms with Crippen molar-refractivity contribution in [3.63, 3.8) is 0 Å². The lowest BCUT2D eigenvalue weighted by molar-refractivity contribution is 0.771. The van der Waals surface area contributed by atoms with Crippen molar-refractivity contribution in [3.05, 3.63) is 44.7 Å². The first-order valence-electron chi connectivity index (χ1n) is 5.72. The van der Waals surface area contributed by atoms with E-state index in [4.69, 9.17) is 23.2 Å². The predicted octanol–water partition coefficient (Wildman–Crippen LogP) is 5.41. The summed E-state index contributed by atoms with van der Waals surface area (Å²) in [6.45, 7) is 4.09. The molecule has 0 atom stereocenters. The molecular formula is C13H12BrCl2N3. The van der Waals surface area contributed by atoms with Crippen molar-refractivity contribution in [2.24, 2.45) is 0 Å². The molecule has 3 nitrogen and oxygen atoms in total. The summed E-state index contributed by atoms with van der Waals surface area (Å²) in [5.74, 6) is 1.74. The Hall–Kier alpha value is -0.840. The van der Waals surface area contributed by atoms with E-state index in [9.17, 15) is 0 Å². The van der Waals surface area contributed by atoms with E-state index in [2.05, 4.69) is 31.2 Å². The molecule has 1 aromatic heterocycles. The Morgan fingerprint density at radius 1 is 1.11 bits per heavy atom. The highest BCUT2D eigenvalue weighted by atomic mass is 79.9. The van der Waals surface area contributed by atoms with Crippen molar-refractivity contribution in [1.29, 1.82) is 0 Å². The van der Waals surface area contributed by atoms with Crippen LogP contribution in [0.3, 0.4) is 0 Å². The van der Waals surface area contributed by atoms with Gasteiger partial charge in [-0.25, -0.2) is 9.97 Å². The van der Waals surface area contributed by atoms with Crippen LogP contribution in [0.25, 0.3) is 0 Å². The molecule has 0 aliphatic carbocycles. The van der Waals surface area contributed by atoms with Crippen LogP contribution >= 0.6 is 39.1 Å². The van der Waals surface area contributed by atoms with Gasteiger partial charge < -0.3 is 5.32 Å². The van der Waals surface area contributed by atoms with Gasteiger partial charge in [-0.15, -0.1) is 0 Å². The van der Waals surface area contributed by atoms with E-state index in [1.807, 2.05) is 26.0 Å². The van der Waals surface area contributed by atoms with Crippen molar-refractivity contribution >= 4 is 50.6 Å². The van der Waals surface area contributed by atoms with Gasteiger partial charge in [0.15, 0.2) is 0 Å². The van der Waals surface area contributed by atoms with Crippen LogP contribution in [0.4, 0.5) is 11.5 Å². The van der Waals surface area contributed by atoms with E-state index in [1.54, 1.807) is 12.1 Å². The Balaban J connectivity index is 2.29. The molecule has 1 N–H and O–H groups in total. The number of hydrogen-bond acceptors (Lipinski definition) is 3. The topological polar surface area (TPSA) is 37.8 Å². The Morgan fingerprint density at radius 2 is 1.84 bits per heavy atom. The fraction of sp³-hybridized carbons (Fsp3) is 0.231. The minimum absolute atomic E-state index is 0.256. The minimum atomic E-state index is 0.256. The highest BCUT2D eigenvalue weighted by Gasteiger charge is 2.07. The quantitative estimate of drug-likeness (QED) is 0.743. The third-order valence-corrected chi connectivity index (χ3v) is 3.57. The number of aromatic nitrogens is 2. The highest BCUT2D eigenvalue weighted by molar-refractivity contribution is 9.10. The Morgan fingerprint density at radius 3 is 2.47 bits per heavy atom. The molecule has 2 rings (SSSR count). The number of nitrogens with zero attached hydrogens (tertiary/aromatic N) is 2. The van der Waals surface area contributed by atoms with Gasteiger partial charge in [-0.2, -0.15) is 0 Å². The van der Waals surface area contributed by atoms with E-state index in [0.29, 0.717) is 15.9 Å². The lowest BCUT2D eigenvalue weighted by Gasteiger charge is -2.10. The molecule has 0 saturated heterocycles. The Labute approximate surface area is 130 Å². The zero-order chi connectivity index (χ0) is 14.0. The molecular weight excluding hydrogens is 349 g/mol. The van der Waals surface area contributed by atoms with Crippen LogP contribution in [0.2, 0.25) is 10.0 Å². The van der Waals surface area contributed by atoms with Crippen molar-refractivity contribution in [2.45, 2.75) is 19.8 Å². The number of nitrogens with one attached hydrogen (secondary N) is 1. The van der Waals surface area contributed by atoms with E-state index in [0.717, 1.165) is 16.1 Å². The normalized spacial score (nSPS) is 10.8. The SMILES string of the molecule is CC(C)c1nc(Br)cc(Nc2ccc(Cl)c(Cl)c2)n1. The third-order valence-electron chi connectivity index (χ3n) is 2.42. The van der Waals surface area contributed by atoms with Gasteiger partial charge in [0.25, 0.3) is 0 Å². The summed E-state index contributed by atoms with van der Waals surface area (Å²) in [6, 6.07) is 7.16. The molecule has 0 saturated carbocycles. The van der Waals surface area contributed by atoms with Gasteiger partial charge in [-0.3, -0.25) is 0 Å². The summed E-state index contributed by atoms with van der Waals surface area (Å²) in [4.78, 5) is 8.78. The molecule has 0 aliphatic rings. The molecule has 1 aromatic carbocycles. The van der Waals surface area contributed by atoms with Gasteiger partial charge in [0.05, 0.1) is 10.0 Å². The maximum atomic E-state index is 5.98. The molecule has 100 valence electrons. The minimum Gasteiger partial charge on any atom is -0.340 e. The lowest BCUT2D eigenvalue weighted by Crippen LogP contribution is -2.02. The van der Waals surface area contributed by atoms with Crippen LogP contribution in [-0.4, -0.2) is 9.97 Å². The van der Waals surface area contributed by atoms with Crippen LogP contribution < -0.4 is 5.32 Å². The van der Waals surface area contributed by atoms with Gasteiger partial charge in [0.2, 0.25) is 0 Å². The maximum Gasteiger partial charge on any atom is 0.135 e. The predicted molar refractivity (Wildman–Crippen MR) is 83.6 cm³/mol. The summed E-state index contributed by atoms with van der Waals surface area (Å²) < 4.78 is 0.744. The van der Waals surface area contributed by atoms with Crippen LogP contribution in [-0.2, 0) is 0 Å². The molecule has 0 spiro atoms. The largest absolute Gasteiger partial charge is 0.340 e. The van der Waals surface area contributed by atoms with Crippen molar-refractivity contribution in [1.82, 2.24) is 9.97 Å². The van der Waals surface area contributed by atoms with Gasteiger partial charge >= 0.3 is 0 Å². The number of benzene rings is 1. The van der Waals surface area contributed by atoms with Crippen molar-refractivity contribution in [3.8, 4) is 0 Å². The summed E-state index contributed by atoms with van der Waals surface area (Å²) in [7, 11) is 0. The maximum absolute atomic E-state index is 5.98.